The highest BCUT2D eigenvalue weighted by molar-refractivity contribution is 7.62. The molecule has 1 unspecified atom stereocenters. The fourth-order valence-corrected chi connectivity index (χ4v) is 2.20. The van der Waals surface area contributed by atoms with Gasteiger partial charge in [-0.2, -0.15) is 0 Å². The second kappa shape index (κ2) is 2.30. The van der Waals surface area contributed by atoms with Gasteiger partial charge in [0, 0.05) is 11.5 Å². The highest BCUT2D eigenvalue weighted by atomic mass is 31.1. The monoisotopic (exact) mass is 147 g/mol. The van der Waals surface area contributed by atoms with Crippen molar-refractivity contribution in [1.82, 2.24) is 0 Å². The molecule has 2 aliphatic rings. The number of fused-ring (bicyclic) bond motifs is 1. The summed E-state index contributed by atoms with van der Waals surface area (Å²) in [4.78, 5) is 3.99. The fourth-order valence-electron chi connectivity index (χ4n) is 0.888. The summed E-state index contributed by atoms with van der Waals surface area (Å²) in [6.45, 7) is 0. The Morgan fingerprint density at radius 3 is 3.30 bits per heavy atom. The zero-order chi connectivity index (χ0) is 6.81. The lowest BCUT2D eigenvalue weighted by molar-refractivity contribution is 1.64. The van der Waals surface area contributed by atoms with Crippen LogP contribution in [0.2, 0.25) is 0 Å². The molecule has 0 fully saturated rings. The number of hydrogen-bond acceptors (Lipinski definition) is 1. The molecule has 0 amide bonds. The summed E-state index contributed by atoms with van der Waals surface area (Å²) in [7, 11) is -0.252. The van der Waals surface area contributed by atoms with Gasteiger partial charge in [0.05, 0.1) is 6.20 Å². The first-order valence-corrected chi connectivity index (χ1v) is 4.50. The number of hydrogen-bond donors (Lipinski definition) is 0. The van der Waals surface area contributed by atoms with Crippen molar-refractivity contribution < 1.29 is 0 Å². The van der Waals surface area contributed by atoms with E-state index in [1.807, 2.05) is 12.3 Å². The van der Waals surface area contributed by atoms with Gasteiger partial charge in [-0.3, -0.25) is 4.99 Å². The Bertz CT molecular complexity index is 357. The van der Waals surface area contributed by atoms with Gasteiger partial charge in [-0.05, 0) is 19.0 Å². The average molecular weight is 147 g/mol. The average Bonchev–Trinajstić information content (AvgIpc) is 2.05. The molecule has 2 aliphatic heterocycles. The number of allylic oxidation sites excluding steroid dienone is 4. The van der Waals surface area contributed by atoms with Crippen molar-refractivity contribution in [1.29, 1.82) is 0 Å². The first-order chi connectivity index (χ1) is 4.97. The predicted molar refractivity (Wildman–Crippen MR) is 48.3 cm³/mol. The van der Waals surface area contributed by atoms with Gasteiger partial charge in [0.2, 0.25) is 0 Å². The molecule has 0 aromatic heterocycles. The summed E-state index contributed by atoms with van der Waals surface area (Å²) in [6.07, 6.45) is 9.85. The van der Waals surface area contributed by atoms with E-state index in [2.05, 4.69) is 28.4 Å². The van der Waals surface area contributed by atoms with Crippen molar-refractivity contribution in [3.05, 3.63) is 29.7 Å². The molecule has 0 radical (unpaired) electrons. The smallest absolute Gasteiger partial charge is 0.0730 e. The lowest BCUT2D eigenvalue weighted by atomic mass is 10.4. The highest BCUT2D eigenvalue weighted by Crippen LogP contribution is 2.23. The van der Waals surface area contributed by atoms with Crippen LogP contribution in [0.3, 0.4) is 0 Å². The molecule has 0 aromatic carbocycles. The highest BCUT2D eigenvalue weighted by Gasteiger charge is 1.94. The van der Waals surface area contributed by atoms with Gasteiger partial charge in [0.15, 0.2) is 0 Å². The Balaban J connectivity index is 2.76. The van der Waals surface area contributed by atoms with Gasteiger partial charge in [-0.25, -0.2) is 0 Å². The molecule has 0 N–H and O–H groups in total. The van der Waals surface area contributed by atoms with Crippen molar-refractivity contribution in [2.75, 3.05) is 0 Å². The van der Waals surface area contributed by atoms with Crippen LogP contribution in [0.15, 0.2) is 34.7 Å². The second-order valence-electron chi connectivity index (χ2n) is 2.03. The molecule has 0 saturated carbocycles. The molecule has 2 heterocycles. The molecule has 0 aromatic rings. The van der Waals surface area contributed by atoms with Gasteiger partial charge in [0.1, 0.15) is 0 Å². The molecule has 0 aliphatic carbocycles. The van der Waals surface area contributed by atoms with Gasteiger partial charge in [0.25, 0.3) is 0 Å². The van der Waals surface area contributed by atoms with E-state index >= 15 is 0 Å². The number of aliphatic imine (C=N–C) groups is 1. The third-order valence-corrected chi connectivity index (χ3v) is 3.05. The van der Waals surface area contributed by atoms with E-state index in [0.29, 0.717) is 0 Å². The van der Waals surface area contributed by atoms with E-state index in [4.69, 9.17) is 0 Å². The van der Waals surface area contributed by atoms with E-state index in [-0.39, 0.29) is 7.17 Å². The van der Waals surface area contributed by atoms with Crippen LogP contribution < -0.4 is 0 Å². The Morgan fingerprint density at radius 2 is 2.40 bits per heavy atom. The Labute approximate surface area is 60.1 Å². The molecule has 1 atom stereocenters. The van der Waals surface area contributed by atoms with Crippen molar-refractivity contribution in [2.24, 2.45) is 4.99 Å². The topological polar surface area (TPSA) is 12.4 Å². The Kier molecular flexibility index (Phi) is 1.32. The summed E-state index contributed by atoms with van der Waals surface area (Å²) >= 11 is 0. The quantitative estimate of drug-likeness (QED) is 0.462. The summed E-state index contributed by atoms with van der Waals surface area (Å²) in [6, 6.07) is 0. The van der Waals surface area contributed by atoms with Gasteiger partial charge >= 0.3 is 0 Å². The van der Waals surface area contributed by atoms with E-state index in [1.54, 1.807) is 6.20 Å². The van der Waals surface area contributed by atoms with Crippen LogP contribution in [-0.2, 0) is 0 Å². The van der Waals surface area contributed by atoms with Crippen LogP contribution in [0, 0.1) is 0 Å². The molecule has 2 rings (SSSR count). The zero-order valence-electron chi connectivity index (χ0n) is 5.36. The van der Waals surface area contributed by atoms with Gasteiger partial charge in [-0.1, -0.05) is 17.6 Å². The van der Waals surface area contributed by atoms with E-state index in [0.717, 1.165) is 0 Å². The number of nitrogens with zero attached hydrogens (tertiary/aromatic N) is 1. The molecule has 0 saturated heterocycles. The van der Waals surface area contributed by atoms with Crippen molar-refractivity contribution in [2.45, 2.75) is 0 Å². The SMILES string of the molecule is C1=CN=CC2=CC=CC=P=12. The Morgan fingerprint density at radius 1 is 1.40 bits per heavy atom. The van der Waals surface area contributed by atoms with Crippen LogP contribution in [0.1, 0.15) is 0 Å². The number of rotatable bonds is 0. The first kappa shape index (κ1) is 5.73. The standard InChI is InChI=1S/C8H6NP/c1-2-5-10-6-4-9-7-8(10)3-1/h1-5,7H. The lowest BCUT2D eigenvalue weighted by Gasteiger charge is -1.99. The van der Waals surface area contributed by atoms with E-state index < -0.39 is 0 Å². The summed E-state index contributed by atoms with van der Waals surface area (Å²) in [5.74, 6) is 2.17. The zero-order valence-corrected chi connectivity index (χ0v) is 6.25. The van der Waals surface area contributed by atoms with Crippen LogP contribution in [0.5, 0.6) is 0 Å². The lowest BCUT2D eigenvalue weighted by Crippen LogP contribution is -1.83. The summed E-state index contributed by atoms with van der Waals surface area (Å²) < 4.78 is 0. The molecule has 10 heavy (non-hydrogen) atoms. The maximum atomic E-state index is 3.99. The Hall–Kier alpha value is -1.03. The third kappa shape index (κ3) is 0.863. The molecule has 1 nitrogen and oxygen atoms in total. The van der Waals surface area contributed by atoms with Gasteiger partial charge in [-0.15, -0.1) is 0 Å². The molecule has 0 spiro atoms. The normalized spacial score (nSPS) is 22.8. The fraction of sp³-hybridized carbons (Fsp3) is 0. The van der Waals surface area contributed by atoms with Crippen molar-refractivity contribution >= 4 is 24.6 Å². The van der Waals surface area contributed by atoms with Crippen molar-refractivity contribution in [3.63, 3.8) is 0 Å². The van der Waals surface area contributed by atoms with Crippen LogP contribution in [0.4, 0.5) is 0 Å². The minimum Gasteiger partial charge on any atom is -0.255 e. The van der Waals surface area contributed by atoms with E-state index in [9.17, 15) is 0 Å². The van der Waals surface area contributed by atoms with Crippen LogP contribution in [0.25, 0.3) is 0 Å². The van der Waals surface area contributed by atoms with Gasteiger partial charge < -0.3 is 0 Å². The molecule has 2 heteroatoms. The predicted octanol–water partition coefficient (Wildman–Crippen LogP) is 1.72. The maximum absolute atomic E-state index is 3.99. The van der Waals surface area contributed by atoms with Crippen molar-refractivity contribution in [3.8, 4) is 0 Å². The van der Waals surface area contributed by atoms with E-state index in [1.165, 1.54) is 5.31 Å². The minimum absolute atomic E-state index is 0.252. The second-order valence-corrected chi connectivity index (χ2v) is 3.84. The largest absolute Gasteiger partial charge is 0.255 e. The summed E-state index contributed by atoms with van der Waals surface area (Å²) in [5.41, 5.74) is 3.19. The molecule has 48 valence electrons. The van der Waals surface area contributed by atoms with Crippen LogP contribution in [-0.4, -0.2) is 17.5 Å². The maximum Gasteiger partial charge on any atom is 0.0730 e. The summed E-state index contributed by atoms with van der Waals surface area (Å²) in [5, 5.41) is 1.29. The third-order valence-electron chi connectivity index (χ3n) is 1.37. The first-order valence-electron chi connectivity index (χ1n) is 3.09. The minimum atomic E-state index is -0.252. The molecular weight excluding hydrogens is 141 g/mol. The molecular formula is C8H6NP. The van der Waals surface area contributed by atoms with Crippen LogP contribution >= 0.6 is 7.17 Å². The molecule has 0 bridgehead atoms.